The minimum atomic E-state index is -0.729. The lowest BCUT2D eigenvalue weighted by molar-refractivity contribution is -0.143. The number of amides is 5. The van der Waals surface area contributed by atoms with Crippen LogP contribution in [0.4, 0.5) is 16.2 Å². The maximum absolute atomic E-state index is 14.4. The summed E-state index contributed by atoms with van der Waals surface area (Å²) in [6.07, 6.45) is 16.6. The van der Waals surface area contributed by atoms with Gasteiger partial charge in [0.15, 0.2) is 0 Å². The third-order valence-electron chi connectivity index (χ3n) is 17.8. The number of aromatic nitrogens is 6. The molecule has 0 saturated carbocycles. The number of piperidine rings is 1. The van der Waals surface area contributed by atoms with Gasteiger partial charge in [0.2, 0.25) is 17.7 Å². The number of primary amides is 1. The first-order valence-electron chi connectivity index (χ1n) is 30.5. The number of imidazole rings is 2. The van der Waals surface area contributed by atoms with Crippen molar-refractivity contribution in [1.29, 1.82) is 0 Å². The van der Waals surface area contributed by atoms with Crippen LogP contribution in [0.2, 0.25) is 10.0 Å². The molecule has 20 heteroatoms. The smallest absolute Gasteiger partial charge is 0.314 e. The minimum absolute atomic E-state index is 0.0136. The van der Waals surface area contributed by atoms with E-state index in [1.165, 1.54) is 27.8 Å². The van der Waals surface area contributed by atoms with Gasteiger partial charge in [-0.05, 0) is 163 Å². The molecule has 3 aliphatic heterocycles. The Morgan fingerprint density at radius 2 is 1.12 bits per heavy atom. The van der Waals surface area contributed by atoms with Gasteiger partial charge in [-0.25, -0.2) is 14.8 Å². The van der Waals surface area contributed by atoms with Gasteiger partial charge in [-0.15, -0.1) is 0 Å². The number of carbonyl (C=O) groups excluding carboxylic acids is 4. The standard InChI is InChI=1S/C38H43ClN8O3.C30H31ClN6O/c1-25-21-44(24-42-25)22-27-4-2-6-31(18-27)43-37(49)33-23-46(16-17-47(33)34(48)19-26-11-14-45(15-12-26)38(40)50)36-32-10-9-30(39)20-29(32)8-7-28-5-3-13-41-35(28)36;1-20-16-36(19-34-20)17-21-4-2-6-25(14-21)35-30(38)27-18-37(13-12-32-27)29-26-10-9-24(31)15-23(26)8-7-22-5-3-11-33-28(22)29/h2-6,9-10,13,18,20-21,24,26,33,36H,7-8,11-12,14-17,19,22-23H2,1H3,(H2,40,50)(H,43,49);2-6,9-11,14-16,19,27,29,32H,7-8,12-13,17-18H2,1H3,(H,35,38)/t33?,36-;27?,29-/m11/s1. The molecule has 0 bridgehead atoms. The van der Waals surface area contributed by atoms with Crippen LogP contribution in [0.15, 0.2) is 147 Å². The van der Waals surface area contributed by atoms with E-state index in [1.807, 2.05) is 127 Å². The molecule has 88 heavy (non-hydrogen) atoms. The predicted octanol–water partition coefficient (Wildman–Crippen LogP) is 9.20. The van der Waals surface area contributed by atoms with Gasteiger partial charge >= 0.3 is 6.03 Å². The Hall–Kier alpha value is -8.26. The number of aryl methyl sites for hydroxylation is 6. The summed E-state index contributed by atoms with van der Waals surface area (Å²) >= 11 is 12.9. The van der Waals surface area contributed by atoms with Gasteiger partial charge in [0, 0.05) is 118 Å². The minimum Gasteiger partial charge on any atom is -0.351 e. The number of likely N-dealkylation sites (tertiary alicyclic amines) is 1. The lowest BCUT2D eigenvalue weighted by Gasteiger charge is -2.44. The first-order valence-corrected chi connectivity index (χ1v) is 31.3. The van der Waals surface area contributed by atoms with Crippen LogP contribution in [-0.4, -0.2) is 137 Å². The monoisotopic (exact) mass is 1220 g/mol. The number of nitrogens with one attached hydrogen (secondary N) is 3. The third-order valence-corrected chi connectivity index (χ3v) is 18.3. The Labute approximate surface area is 523 Å². The van der Waals surface area contributed by atoms with Crippen molar-refractivity contribution >= 4 is 58.3 Å². The highest BCUT2D eigenvalue weighted by molar-refractivity contribution is 6.31. The molecule has 7 heterocycles. The van der Waals surface area contributed by atoms with Crippen molar-refractivity contribution < 1.29 is 19.2 Å². The third kappa shape index (κ3) is 14.0. The van der Waals surface area contributed by atoms with E-state index in [9.17, 15) is 19.2 Å². The number of carbonyl (C=O) groups is 4. The second kappa shape index (κ2) is 27.0. The average molecular weight is 1220 g/mol. The number of pyridine rings is 2. The van der Waals surface area contributed by atoms with Crippen molar-refractivity contribution in [3.63, 3.8) is 0 Å². The van der Waals surface area contributed by atoms with Crippen molar-refractivity contribution in [3.05, 3.63) is 224 Å². The molecule has 13 rings (SSSR count). The van der Waals surface area contributed by atoms with Gasteiger partial charge in [-0.3, -0.25) is 34.2 Å². The summed E-state index contributed by atoms with van der Waals surface area (Å²) in [6.45, 7) is 9.80. The van der Waals surface area contributed by atoms with Crippen LogP contribution in [0.5, 0.6) is 0 Å². The molecule has 0 spiro atoms. The molecule has 2 unspecified atom stereocenters. The molecular formula is C68H74Cl2N14O4. The fraction of sp³-hybridized carbons (Fsp3) is 0.353. The van der Waals surface area contributed by atoms with Crippen LogP contribution in [-0.2, 0) is 53.2 Å². The van der Waals surface area contributed by atoms with E-state index in [-0.39, 0.29) is 41.8 Å². The molecule has 0 radical (unpaired) electrons. The number of urea groups is 1. The molecule has 3 saturated heterocycles. The molecule has 454 valence electrons. The second-order valence-electron chi connectivity index (χ2n) is 23.9. The predicted molar refractivity (Wildman–Crippen MR) is 341 cm³/mol. The summed E-state index contributed by atoms with van der Waals surface area (Å²) < 4.78 is 4.05. The van der Waals surface area contributed by atoms with E-state index >= 15 is 0 Å². The van der Waals surface area contributed by atoms with E-state index in [2.05, 4.69) is 72.1 Å². The molecule has 8 aromatic rings. The number of benzene rings is 4. The van der Waals surface area contributed by atoms with Gasteiger partial charge in [-0.1, -0.05) is 71.7 Å². The Bertz CT molecular complexity index is 3840. The molecule has 5 aliphatic rings. The number of hydrogen-bond acceptors (Lipinski definition) is 11. The zero-order chi connectivity index (χ0) is 60.8. The number of halogens is 2. The van der Waals surface area contributed by atoms with Crippen molar-refractivity contribution in [2.45, 2.75) is 96.1 Å². The quantitative estimate of drug-likeness (QED) is 0.0908. The van der Waals surface area contributed by atoms with Crippen molar-refractivity contribution in [2.75, 3.05) is 63.0 Å². The van der Waals surface area contributed by atoms with Crippen LogP contribution in [0.25, 0.3) is 0 Å². The number of nitrogens with zero attached hydrogens (tertiary/aromatic N) is 10. The highest BCUT2D eigenvalue weighted by atomic mass is 35.5. The van der Waals surface area contributed by atoms with Crippen LogP contribution in [0.1, 0.15) is 98.6 Å². The van der Waals surface area contributed by atoms with E-state index in [0.29, 0.717) is 82.3 Å². The fourth-order valence-corrected chi connectivity index (χ4v) is 13.8. The van der Waals surface area contributed by atoms with Crippen LogP contribution >= 0.6 is 23.2 Å². The van der Waals surface area contributed by atoms with E-state index in [0.717, 1.165) is 88.9 Å². The van der Waals surface area contributed by atoms with Gasteiger partial charge in [0.1, 0.15) is 6.04 Å². The van der Waals surface area contributed by atoms with Gasteiger partial charge in [0.25, 0.3) is 0 Å². The number of nitrogens with two attached hydrogens (primary N) is 1. The molecule has 18 nitrogen and oxygen atoms in total. The highest BCUT2D eigenvalue weighted by Gasteiger charge is 2.42. The Morgan fingerprint density at radius 1 is 0.591 bits per heavy atom. The van der Waals surface area contributed by atoms with E-state index in [4.69, 9.17) is 38.9 Å². The Morgan fingerprint density at radius 3 is 1.66 bits per heavy atom. The van der Waals surface area contributed by atoms with Gasteiger partial charge in [0.05, 0.1) is 53.6 Å². The zero-order valence-electron chi connectivity index (χ0n) is 49.7. The summed E-state index contributed by atoms with van der Waals surface area (Å²) in [5.41, 5.74) is 20.3. The molecule has 3 fully saturated rings. The Kier molecular flexibility index (Phi) is 18.4. The summed E-state index contributed by atoms with van der Waals surface area (Å²) in [5, 5.41) is 11.2. The molecule has 4 aromatic carbocycles. The molecule has 5 N–H and O–H groups in total. The molecule has 5 amide bonds. The van der Waals surface area contributed by atoms with Crippen molar-refractivity contribution in [1.82, 2.24) is 54.0 Å². The molecule has 4 atom stereocenters. The maximum atomic E-state index is 14.4. The number of anilines is 2. The summed E-state index contributed by atoms with van der Waals surface area (Å²) in [4.78, 5) is 80.0. The van der Waals surface area contributed by atoms with Crippen molar-refractivity contribution in [3.8, 4) is 0 Å². The van der Waals surface area contributed by atoms with E-state index < -0.39 is 12.1 Å². The summed E-state index contributed by atoms with van der Waals surface area (Å²) in [6, 6.07) is 34.6. The fourth-order valence-electron chi connectivity index (χ4n) is 13.5. The summed E-state index contributed by atoms with van der Waals surface area (Å²) in [7, 11) is 0. The van der Waals surface area contributed by atoms with Crippen molar-refractivity contribution in [2.24, 2.45) is 11.7 Å². The Balaban J connectivity index is 0.000000178. The number of hydrogen-bond donors (Lipinski definition) is 4. The lowest BCUT2D eigenvalue weighted by Crippen LogP contribution is -2.60. The molecule has 2 aliphatic carbocycles. The second-order valence-corrected chi connectivity index (χ2v) is 24.8. The largest absolute Gasteiger partial charge is 0.351 e. The zero-order valence-corrected chi connectivity index (χ0v) is 51.2. The van der Waals surface area contributed by atoms with Crippen LogP contribution in [0, 0.1) is 19.8 Å². The normalized spacial score (nSPS) is 19.5. The molecular weight excluding hydrogens is 1150 g/mol. The first-order chi connectivity index (χ1) is 42.7. The average Bonchev–Trinajstić information content (AvgIpc) is 1.90. The lowest BCUT2D eigenvalue weighted by atomic mass is 9.92. The topological polar surface area (TPSA) is 205 Å². The number of rotatable bonds is 12. The van der Waals surface area contributed by atoms with E-state index in [1.54, 1.807) is 16.1 Å². The number of fused-ring (bicyclic) bond motifs is 4. The van der Waals surface area contributed by atoms with Crippen LogP contribution < -0.4 is 21.7 Å². The number of piperazine rings is 2. The molecule has 4 aromatic heterocycles. The summed E-state index contributed by atoms with van der Waals surface area (Å²) in [5.74, 6) is -0.180. The highest BCUT2D eigenvalue weighted by Crippen LogP contribution is 2.40. The first kappa shape index (κ1) is 60.0. The maximum Gasteiger partial charge on any atom is 0.314 e. The van der Waals surface area contributed by atoms with Gasteiger partial charge in [-0.2, -0.15) is 0 Å². The van der Waals surface area contributed by atoms with Crippen LogP contribution in [0.3, 0.4) is 0 Å². The SMILES string of the molecule is Cc1cn(Cc2cccc(NC(=O)C3CN([C@@H]4c5ccc(Cl)cc5CCc5cccnc54)CCN3)c2)cn1.Cc1cn(Cc2cccc(NC(=O)C3CN([C@@H]4c5ccc(Cl)cc5CCc5cccnc54)CCN3C(=O)CC3CCN(C(N)=O)CC3)c2)cn1. The van der Waals surface area contributed by atoms with Gasteiger partial charge < -0.3 is 40.6 Å².